The first kappa shape index (κ1) is 14.5. The molecule has 1 aliphatic heterocycles. The largest absolute Gasteiger partial charge is 0.505 e. The van der Waals surface area contributed by atoms with Gasteiger partial charge in [-0.15, -0.1) is 0 Å². The lowest BCUT2D eigenvalue weighted by Crippen LogP contribution is -2.30. The molecule has 2 atom stereocenters. The van der Waals surface area contributed by atoms with Crippen molar-refractivity contribution in [2.45, 2.75) is 12.8 Å². The van der Waals surface area contributed by atoms with Crippen LogP contribution in [0.1, 0.15) is 12.8 Å². The standard InChI is InChI=1S/C14H11ClN2O5/c15-7-1-3-9-10(5-7)14(20)16(13(9)19)11-4-2-8(17(21)22)6-12(11)18/h1-2,4,6,9-10,18H,3,5H2/t9-,10-/m1/s1. The van der Waals surface area contributed by atoms with Gasteiger partial charge >= 0.3 is 0 Å². The van der Waals surface area contributed by atoms with E-state index in [2.05, 4.69) is 0 Å². The van der Waals surface area contributed by atoms with Crippen molar-refractivity contribution in [1.29, 1.82) is 0 Å². The van der Waals surface area contributed by atoms with Gasteiger partial charge in [-0.05, 0) is 18.9 Å². The molecular formula is C14H11ClN2O5. The number of fused-ring (bicyclic) bond motifs is 1. The van der Waals surface area contributed by atoms with Gasteiger partial charge in [0.25, 0.3) is 5.69 Å². The van der Waals surface area contributed by atoms with E-state index in [4.69, 9.17) is 11.6 Å². The van der Waals surface area contributed by atoms with E-state index in [0.29, 0.717) is 17.9 Å². The normalized spacial score (nSPS) is 24.2. The topological polar surface area (TPSA) is 101 Å². The van der Waals surface area contributed by atoms with Crippen LogP contribution in [0.15, 0.2) is 29.3 Å². The molecule has 1 heterocycles. The second-order valence-corrected chi connectivity index (χ2v) is 5.73. The maximum absolute atomic E-state index is 12.4. The van der Waals surface area contributed by atoms with Crippen LogP contribution in [0.25, 0.3) is 0 Å². The molecule has 7 nitrogen and oxygen atoms in total. The van der Waals surface area contributed by atoms with Gasteiger partial charge < -0.3 is 5.11 Å². The first-order valence-corrected chi connectivity index (χ1v) is 6.97. The molecule has 1 aromatic carbocycles. The molecule has 114 valence electrons. The summed E-state index contributed by atoms with van der Waals surface area (Å²) in [4.78, 5) is 35.8. The predicted molar refractivity (Wildman–Crippen MR) is 77.4 cm³/mol. The Morgan fingerprint density at radius 1 is 1.27 bits per heavy atom. The number of non-ortho nitro benzene ring substituents is 1. The van der Waals surface area contributed by atoms with E-state index in [1.165, 1.54) is 6.07 Å². The van der Waals surface area contributed by atoms with Crippen molar-refractivity contribution in [1.82, 2.24) is 0 Å². The Labute approximate surface area is 129 Å². The van der Waals surface area contributed by atoms with E-state index >= 15 is 0 Å². The van der Waals surface area contributed by atoms with Crippen LogP contribution in [0.3, 0.4) is 0 Å². The molecular weight excluding hydrogens is 312 g/mol. The summed E-state index contributed by atoms with van der Waals surface area (Å²) in [7, 11) is 0. The smallest absolute Gasteiger partial charge is 0.273 e. The summed E-state index contributed by atoms with van der Waals surface area (Å²) >= 11 is 5.93. The molecule has 1 N–H and O–H groups in total. The van der Waals surface area contributed by atoms with Gasteiger partial charge in [-0.2, -0.15) is 0 Å². The summed E-state index contributed by atoms with van der Waals surface area (Å²) < 4.78 is 0. The molecule has 1 aromatic rings. The van der Waals surface area contributed by atoms with Gasteiger partial charge in [-0.3, -0.25) is 19.7 Å². The number of nitro benzene ring substituents is 1. The fourth-order valence-electron chi connectivity index (χ4n) is 2.88. The zero-order valence-corrected chi connectivity index (χ0v) is 12.0. The first-order valence-electron chi connectivity index (χ1n) is 6.60. The zero-order chi connectivity index (χ0) is 16.0. The fourth-order valence-corrected chi connectivity index (χ4v) is 3.13. The third-order valence-corrected chi connectivity index (χ3v) is 4.29. The van der Waals surface area contributed by atoms with Crippen molar-refractivity contribution in [2.24, 2.45) is 11.8 Å². The lowest BCUT2D eigenvalue weighted by atomic mass is 9.85. The quantitative estimate of drug-likeness (QED) is 0.511. The number of imide groups is 1. The van der Waals surface area contributed by atoms with E-state index in [9.17, 15) is 24.8 Å². The van der Waals surface area contributed by atoms with Gasteiger partial charge in [0.15, 0.2) is 0 Å². The van der Waals surface area contributed by atoms with Crippen LogP contribution >= 0.6 is 11.6 Å². The van der Waals surface area contributed by atoms with Crippen LogP contribution in [0, 0.1) is 22.0 Å². The van der Waals surface area contributed by atoms with E-state index < -0.39 is 34.3 Å². The fraction of sp³-hybridized carbons (Fsp3) is 0.286. The number of benzene rings is 1. The number of halogens is 1. The van der Waals surface area contributed by atoms with Gasteiger partial charge in [-0.1, -0.05) is 17.7 Å². The minimum absolute atomic E-state index is 0.0360. The highest BCUT2D eigenvalue weighted by Gasteiger charge is 2.49. The summed E-state index contributed by atoms with van der Waals surface area (Å²) in [6.45, 7) is 0. The third kappa shape index (κ3) is 2.14. The van der Waals surface area contributed by atoms with Gasteiger partial charge in [0, 0.05) is 11.1 Å². The number of anilines is 1. The number of hydrogen-bond acceptors (Lipinski definition) is 5. The van der Waals surface area contributed by atoms with Gasteiger partial charge in [0.1, 0.15) is 5.75 Å². The number of hydrogen-bond donors (Lipinski definition) is 1. The van der Waals surface area contributed by atoms with Crippen molar-refractivity contribution in [3.8, 4) is 5.75 Å². The Bertz CT molecular complexity index is 730. The van der Waals surface area contributed by atoms with Gasteiger partial charge in [0.2, 0.25) is 11.8 Å². The summed E-state index contributed by atoms with van der Waals surface area (Å²) in [6.07, 6.45) is 2.38. The minimum atomic E-state index is -0.666. The van der Waals surface area contributed by atoms with E-state index in [0.717, 1.165) is 17.0 Å². The number of phenolic OH excluding ortho intramolecular Hbond substituents is 1. The average Bonchev–Trinajstić information content (AvgIpc) is 2.71. The maximum Gasteiger partial charge on any atom is 0.273 e. The van der Waals surface area contributed by atoms with E-state index in [1.54, 1.807) is 6.08 Å². The van der Waals surface area contributed by atoms with Crippen LogP contribution in [-0.2, 0) is 9.59 Å². The molecule has 1 fully saturated rings. The van der Waals surface area contributed by atoms with Crippen LogP contribution in [0.5, 0.6) is 5.75 Å². The van der Waals surface area contributed by atoms with Crippen LogP contribution < -0.4 is 4.90 Å². The minimum Gasteiger partial charge on any atom is -0.505 e. The summed E-state index contributed by atoms with van der Waals surface area (Å²) in [5.41, 5.74) is -0.353. The molecule has 1 saturated heterocycles. The summed E-state index contributed by atoms with van der Waals surface area (Å²) in [5, 5.41) is 21.2. The lowest BCUT2D eigenvalue weighted by molar-refractivity contribution is -0.384. The highest BCUT2D eigenvalue weighted by Crippen LogP contribution is 2.43. The molecule has 0 bridgehead atoms. The third-order valence-electron chi connectivity index (χ3n) is 3.98. The van der Waals surface area contributed by atoms with Crippen molar-refractivity contribution >= 4 is 34.8 Å². The zero-order valence-electron chi connectivity index (χ0n) is 11.2. The predicted octanol–water partition coefficient (Wildman–Crippen LogP) is 2.32. The SMILES string of the molecule is O=C1[C@@H]2CC=C(Cl)C[C@H]2C(=O)N1c1ccc([N+](=O)[O-])cc1O. The Morgan fingerprint density at radius 2 is 1.95 bits per heavy atom. The molecule has 0 aromatic heterocycles. The lowest BCUT2D eigenvalue weighted by Gasteiger charge is -2.17. The van der Waals surface area contributed by atoms with Crippen LogP contribution in [0.2, 0.25) is 0 Å². The molecule has 22 heavy (non-hydrogen) atoms. The van der Waals surface area contributed by atoms with Crippen molar-refractivity contribution < 1.29 is 19.6 Å². The van der Waals surface area contributed by atoms with Gasteiger partial charge in [0.05, 0.1) is 28.5 Å². The number of allylic oxidation sites excluding steroid dienone is 2. The van der Waals surface area contributed by atoms with Crippen molar-refractivity contribution in [3.05, 3.63) is 39.4 Å². The molecule has 0 saturated carbocycles. The number of rotatable bonds is 2. The Balaban J connectivity index is 1.98. The summed E-state index contributed by atoms with van der Waals surface area (Å²) in [5.74, 6) is -2.37. The highest BCUT2D eigenvalue weighted by molar-refractivity contribution is 6.30. The number of phenols is 1. The second kappa shape index (κ2) is 5.10. The van der Waals surface area contributed by atoms with Crippen LogP contribution in [0.4, 0.5) is 11.4 Å². The number of nitro groups is 1. The Hall–Kier alpha value is -2.41. The molecule has 3 rings (SSSR count). The second-order valence-electron chi connectivity index (χ2n) is 5.25. The molecule has 2 aliphatic rings. The Kier molecular flexibility index (Phi) is 3.37. The average molecular weight is 323 g/mol. The van der Waals surface area contributed by atoms with Crippen LogP contribution in [-0.4, -0.2) is 21.8 Å². The maximum atomic E-state index is 12.4. The molecule has 0 spiro atoms. The summed E-state index contributed by atoms with van der Waals surface area (Å²) in [6, 6.07) is 3.27. The number of carbonyl (C=O) groups excluding carboxylic acids is 2. The monoisotopic (exact) mass is 322 g/mol. The number of aromatic hydroxyl groups is 1. The van der Waals surface area contributed by atoms with E-state index in [1.807, 2.05) is 0 Å². The van der Waals surface area contributed by atoms with Crippen molar-refractivity contribution in [3.63, 3.8) is 0 Å². The van der Waals surface area contributed by atoms with E-state index in [-0.39, 0.29) is 11.4 Å². The number of nitrogens with zero attached hydrogens (tertiary/aromatic N) is 2. The van der Waals surface area contributed by atoms with Gasteiger partial charge in [-0.25, -0.2) is 4.90 Å². The highest BCUT2D eigenvalue weighted by atomic mass is 35.5. The molecule has 1 aliphatic carbocycles. The number of carbonyl (C=O) groups is 2. The Morgan fingerprint density at radius 3 is 2.59 bits per heavy atom. The molecule has 0 unspecified atom stereocenters. The molecule has 0 radical (unpaired) electrons. The molecule has 2 amide bonds. The van der Waals surface area contributed by atoms with Crippen molar-refractivity contribution in [2.75, 3.05) is 4.90 Å². The first-order chi connectivity index (χ1) is 10.4. The molecule has 8 heteroatoms. The number of amides is 2.